The molecule has 0 aliphatic carbocycles. The van der Waals surface area contributed by atoms with E-state index in [1.165, 1.54) is 19.3 Å². The number of nitrogens with zero attached hydrogens (tertiary/aromatic N) is 4. The molecule has 2 atom stereocenters. The molecule has 150 valence electrons. The zero-order valence-corrected chi connectivity index (χ0v) is 16.9. The molecule has 0 bridgehead atoms. The van der Waals surface area contributed by atoms with Gasteiger partial charge in [0, 0.05) is 38.3 Å². The predicted octanol–water partition coefficient (Wildman–Crippen LogP) is 2.30. The number of allylic oxidation sites excluding steroid dienone is 1. The fraction of sp³-hybridized carbons (Fsp3) is 0.619. The Morgan fingerprint density at radius 3 is 2.64 bits per heavy atom. The highest BCUT2D eigenvalue weighted by Gasteiger charge is 2.25. The fourth-order valence-corrected chi connectivity index (χ4v) is 4.13. The van der Waals surface area contributed by atoms with Crippen molar-refractivity contribution < 1.29 is 4.42 Å². The molecule has 0 spiro atoms. The summed E-state index contributed by atoms with van der Waals surface area (Å²) in [6.07, 6.45) is 3.85. The first-order chi connectivity index (χ1) is 13.6. The molecule has 1 aromatic heterocycles. The summed E-state index contributed by atoms with van der Waals surface area (Å²) in [7, 11) is 0. The number of nitrogens with one attached hydrogen (secondary N) is 2. The molecular weight excluding hydrogens is 352 g/mol. The molecule has 3 rings (SSSR count). The van der Waals surface area contributed by atoms with Crippen LogP contribution in [0.2, 0.25) is 0 Å². The summed E-state index contributed by atoms with van der Waals surface area (Å²) in [5.74, 6) is 2.62. The molecule has 0 saturated carbocycles. The molecule has 0 aromatic carbocycles. The Kier molecular flexibility index (Phi) is 6.97. The smallest absolute Gasteiger partial charge is 0.169 e. The van der Waals surface area contributed by atoms with Crippen molar-refractivity contribution in [2.24, 2.45) is 0 Å². The predicted molar refractivity (Wildman–Crippen MR) is 107 cm³/mol. The fourth-order valence-electron chi connectivity index (χ4n) is 4.13. The van der Waals surface area contributed by atoms with Gasteiger partial charge < -0.3 is 20.0 Å². The molecule has 2 aliphatic rings. The first-order valence-electron chi connectivity index (χ1n) is 10.2. The maximum Gasteiger partial charge on any atom is 0.169 e. The van der Waals surface area contributed by atoms with Crippen molar-refractivity contribution in [3.8, 4) is 12.1 Å². The van der Waals surface area contributed by atoms with Gasteiger partial charge in [-0.25, -0.2) is 0 Å². The number of hydrogen-bond acceptors (Lipinski definition) is 7. The van der Waals surface area contributed by atoms with E-state index in [9.17, 15) is 0 Å². The molecule has 1 aromatic rings. The van der Waals surface area contributed by atoms with E-state index in [-0.39, 0.29) is 5.57 Å². The summed E-state index contributed by atoms with van der Waals surface area (Å²) < 4.78 is 6.02. The van der Waals surface area contributed by atoms with Crippen molar-refractivity contribution in [1.29, 1.82) is 10.5 Å². The Morgan fingerprint density at radius 1 is 1.21 bits per heavy atom. The molecule has 2 fully saturated rings. The zero-order chi connectivity index (χ0) is 19.9. The van der Waals surface area contributed by atoms with E-state index in [1.54, 1.807) is 0 Å². The van der Waals surface area contributed by atoms with Crippen LogP contribution in [0.3, 0.4) is 0 Å². The summed E-state index contributed by atoms with van der Waals surface area (Å²) in [5.41, 5.74) is 0.148. The van der Waals surface area contributed by atoms with Gasteiger partial charge in [0.1, 0.15) is 29.5 Å². The first-order valence-corrected chi connectivity index (χ1v) is 10.2. The van der Waals surface area contributed by atoms with Crippen LogP contribution in [0.5, 0.6) is 0 Å². The topological polar surface area (TPSA) is 91.3 Å². The largest absolute Gasteiger partial charge is 0.463 e. The van der Waals surface area contributed by atoms with E-state index >= 15 is 0 Å². The van der Waals surface area contributed by atoms with Crippen LogP contribution < -0.4 is 10.6 Å². The summed E-state index contributed by atoms with van der Waals surface area (Å²) >= 11 is 0. The van der Waals surface area contributed by atoms with Crippen molar-refractivity contribution in [2.45, 2.75) is 58.3 Å². The van der Waals surface area contributed by atoms with Gasteiger partial charge in [0.05, 0.1) is 13.1 Å². The van der Waals surface area contributed by atoms with Gasteiger partial charge in [-0.3, -0.25) is 4.90 Å². The number of nitriles is 2. The minimum absolute atomic E-state index is 0.148. The van der Waals surface area contributed by atoms with Gasteiger partial charge in [-0.1, -0.05) is 6.42 Å². The van der Waals surface area contributed by atoms with Gasteiger partial charge in [-0.05, 0) is 38.8 Å². The second kappa shape index (κ2) is 9.64. The van der Waals surface area contributed by atoms with Crippen LogP contribution in [0, 0.1) is 22.7 Å². The molecule has 2 saturated heterocycles. The Morgan fingerprint density at radius 2 is 1.93 bits per heavy atom. The van der Waals surface area contributed by atoms with Crippen LogP contribution in [0.1, 0.15) is 44.6 Å². The lowest BCUT2D eigenvalue weighted by atomic mass is 9.97. The highest BCUT2D eigenvalue weighted by molar-refractivity contribution is 5.39. The van der Waals surface area contributed by atoms with E-state index in [2.05, 4.69) is 35.4 Å². The van der Waals surface area contributed by atoms with Crippen molar-refractivity contribution in [1.82, 2.24) is 20.4 Å². The Bertz CT molecular complexity index is 745. The minimum Gasteiger partial charge on any atom is -0.463 e. The van der Waals surface area contributed by atoms with Crippen LogP contribution in [0.15, 0.2) is 27.9 Å². The number of piperidine rings is 1. The van der Waals surface area contributed by atoms with Gasteiger partial charge in [0.15, 0.2) is 5.57 Å². The average Bonchev–Trinajstić information content (AvgIpc) is 3.33. The standard InChI is InChI=1S/C21H30N6O/c1-16-4-3-5-17(2)27(16)15-20-7-6-19(28-20)14-24-8-10-26-11-9-25-21(26)18(12-22)13-23/h6-7,16-17,24-25H,3-5,8-11,14-15H2,1-2H3. The molecule has 28 heavy (non-hydrogen) atoms. The molecule has 3 heterocycles. The number of rotatable bonds is 7. The third kappa shape index (κ3) is 4.86. The van der Waals surface area contributed by atoms with E-state index < -0.39 is 0 Å². The molecule has 7 heteroatoms. The first kappa shape index (κ1) is 20.3. The van der Waals surface area contributed by atoms with E-state index in [4.69, 9.17) is 14.9 Å². The maximum absolute atomic E-state index is 9.05. The van der Waals surface area contributed by atoms with Gasteiger partial charge in [0.25, 0.3) is 0 Å². The quantitative estimate of drug-likeness (QED) is 0.552. The molecular formula is C21H30N6O. The van der Waals surface area contributed by atoms with E-state index in [0.717, 1.165) is 44.2 Å². The number of furan rings is 1. The molecule has 2 N–H and O–H groups in total. The van der Waals surface area contributed by atoms with Crippen LogP contribution in [0.25, 0.3) is 0 Å². The van der Waals surface area contributed by atoms with Gasteiger partial charge in [-0.2, -0.15) is 10.5 Å². The third-order valence-electron chi connectivity index (χ3n) is 5.74. The van der Waals surface area contributed by atoms with Crippen LogP contribution in [-0.4, -0.2) is 48.1 Å². The minimum atomic E-state index is 0.148. The van der Waals surface area contributed by atoms with Gasteiger partial charge >= 0.3 is 0 Å². The maximum atomic E-state index is 9.05. The van der Waals surface area contributed by atoms with E-state index in [0.29, 0.717) is 24.4 Å². The molecule has 2 aliphatic heterocycles. The zero-order valence-electron chi connectivity index (χ0n) is 16.9. The molecule has 7 nitrogen and oxygen atoms in total. The van der Waals surface area contributed by atoms with Gasteiger partial charge in [0.2, 0.25) is 0 Å². The number of likely N-dealkylation sites (tertiary alicyclic amines) is 1. The second-order valence-electron chi connectivity index (χ2n) is 7.71. The lowest BCUT2D eigenvalue weighted by Gasteiger charge is -2.38. The van der Waals surface area contributed by atoms with E-state index in [1.807, 2.05) is 23.1 Å². The van der Waals surface area contributed by atoms with Crippen LogP contribution in [0.4, 0.5) is 0 Å². The summed E-state index contributed by atoms with van der Waals surface area (Å²) in [6, 6.07) is 9.27. The lowest BCUT2D eigenvalue weighted by Crippen LogP contribution is -2.42. The number of hydrogen-bond donors (Lipinski definition) is 2. The normalized spacial score (nSPS) is 22.6. The SMILES string of the molecule is CC1CCCC(C)N1Cc1ccc(CNCCN2CCNC2=C(C#N)C#N)o1. The molecule has 0 amide bonds. The van der Waals surface area contributed by atoms with Crippen LogP contribution >= 0.6 is 0 Å². The Hall–Kier alpha value is -2.48. The highest BCUT2D eigenvalue weighted by atomic mass is 16.3. The van der Waals surface area contributed by atoms with Crippen molar-refractivity contribution in [3.05, 3.63) is 35.0 Å². The third-order valence-corrected chi connectivity index (χ3v) is 5.74. The average molecular weight is 383 g/mol. The van der Waals surface area contributed by atoms with Crippen LogP contribution in [-0.2, 0) is 13.1 Å². The Labute approximate surface area is 167 Å². The molecule has 0 radical (unpaired) electrons. The highest BCUT2D eigenvalue weighted by Crippen LogP contribution is 2.25. The summed E-state index contributed by atoms with van der Waals surface area (Å²) in [5, 5.41) is 24.6. The summed E-state index contributed by atoms with van der Waals surface area (Å²) in [4.78, 5) is 4.58. The lowest BCUT2D eigenvalue weighted by molar-refractivity contribution is 0.0866. The van der Waals surface area contributed by atoms with Gasteiger partial charge in [-0.15, -0.1) is 0 Å². The molecule has 2 unspecified atom stereocenters. The van der Waals surface area contributed by atoms with Crippen molar-refractivity contribution in [2.75, 3.05) is 26.2 Å². The second-order valence-corrected chi connectivity index (χ2v) is 7.71. The van der Waals surface area contributed by atoms with Crippen molar-refractivity contribution in [3.63, 3.8) is 0 Å². The van der Waals surface area contributed by atoms with Crippen molar-refractivity contribution >= 4 is 0 Å². The summed E-state index contributed by atoms with van der Waals surface area (Å²) in [6.45, 7) is 9.23. The monoisotopic (exact) mass is 382 g/mol. The Balaban J connectivity index is 1.45.